The molecule has 0 spiro atoms. The Balaban J connectivity index is 2.37. The Morgan fingerprint density at radius 3 is 2.40 bits per heavy atom. The van der Waals surface area contributed by atoms with Crippen molar-refractivity contribution in [3.05, 3.63) is 29.8 Å². The van der Waals surface area contributed by atoms with E-state index in [-0.39, 0.29) is 18.4 Å². The van der Waals surface area contributed by atoms with Gasteiger partial charge in [0, 0.05) is 19.2 Å². The van der Waals surface area contributed by atoms with Crippen molar-refractivity contribution in [3.63, 3.8) is 0 Å². The summed E-state index contributed by atoms with van der Waals surface area (Å²) in [5.74, 6) is -0.141. The molecule has 0 fully saturated rings. The maximum atomic E-state index is 11.8. The Morgan fingerprint density at radius 2 is 1.80 bits per heavy atom. The van der Waals surface area contributed by atoms with Crippen LogP contribution in [-0.2, 0) is 9.59 Å². The first kappa shape index (κ1) is 16.2. The summed E-state index contributed by atoms with van der Waals surface area (Å²) in [6, 6.07) is 7.59. The second-order valence-electron chi connectivity index (χ2n) is 5.12. The van der Waals surface area contributed by atoms with Crippen LogP contribution in [0.4, 0.5) is 5.69 Å². The molecule has 110 valence electrons. The number of benzene rings is 1. The summed E-state index contributed by atoms with van der Waals surface area (Å²) < 4.78 is 0. The van der Waals surface area contributed by atoms with E-state index in [9.17, 15) is 9.59 Å². The van der Waals surface area contributed by atoms with Crippen LogP contribution in [-0.4, -0.2) is 30.3 Å². The fourth-order valence-electron chi connectivity index (χ4n) is 1.86. The predicted molar refractivity (Wildman–Crippen MR) is 81.6 cm³/mol. The molecule has 0 aliphatic rings. The van der Waals surface area contributed by atoms with Crippen molar-refractivity contribution in [1.82, 2.24) is 4.90 Å². The lowest BCUT2D eigenvalue weighted by molar-refractivity contribution is -0.133. The standard InChI is InChI=1S/C16H24N2O2/c1-4-5-6-7-16(20)18(3)12-15(19)17-14-10-8-13(2)9-11-14/h8-11H,4-7,12H2,1-3H3,(H,17,19). The van der Waals surface area contributed by atoms with Crippen LogP contribution in [0.15, 0.2) is 24.3 Å². The van der Waals surface area contributed by atoms with Crippen molar-refractivity contribution >= 4 is 17.5 Å². The van der Waals surface area contributed by atoms with Crippen LogP contribution >= 0.6 is 0 Å². The molecule has 1 aromatic rings. The largest absolute Gasteiger partial charge is 0.336 e. The molecule has 0 saturated heterocycles. The molecule has 1 aromatic carbocycles. The summed E-state index contributed by atoms with van der Waals surface area (Å²) in [6.45, 7) is 4.19. The van der Waals surface area contributed by atoms with Crippen LogP contribution in [0.5, 0.6) is 0 Å². The van der Waals surface area contributed by atoms with Gasteiger partial charge in [-0.15, -0.1) is 0 Å². The summed E-state index contributed by atoms with van der Waals surface area (Å²) in [7, 11) is 1.67. The SMILES string of the molecule is CCCCCC(=O)N(C)CC(=O)Nc1ccc(C)cc1. The number of unbranched alkanes of at least 4 members (excludes halogenated alkanes) is 2. The van der Waals surface area contributed by atoms with E-state index in [1.807, 2.05) is 31.2 Å². The van der Waals surface area contributed by atoms with Gasteiger partial charge in [-0.25, -0.2) is 0 Å². The molecule has 0 unspecified atom stereocenters. The number of carbonyl (C=O) groups is 2. The molecule has 0 bridgehead atoms. The third kappa shape index (κ3) is 5.87. The number of rotatable bonds is 7. The summed E-state index contributed by atoms with van der Waals surface area (Å²) in [5, 5.41) is 2.79. The number of hydrogen-bond acceptors (Lipinski definition) is 2. The van der Waals surface area contributed by atoms with E-state index in [0.29, 0.717) is 6.42 Å². The maximum absolute atomic E-state index is 11.8. The number of nitrogens with one attached hydrogen (secondary N) is 1. The maximum Gasteiger partial charge on any atom is 0.243 e. The fraction of sp³-hybridized carbons (Fsp3) is 0.500. The van der Waals surface area contributed by atoms with Crippen LogP contribution in [0.25, 0.3) is 0 Å². The van der Waals surface area contributed by atoms with E-state index in [1.54, 1.807) is 7.05 Å². The molecule has 0 saturated carbocycles. The van der Waals surface area contributed by atoms with Crippen molar-refractivity contribution in [2.75, 3.05) is 18.9 Å². The first-order valence-corrected chi connectivity index (χ1v) is 7.13. The highest BCUT2D eigenvalue weighted by atomic mass is 16.2. The molecule has 0 aromatic heterocycles. The van der Waals surface area contributed by atoms with Crippen molar-refractivity contribution in [3.8, 4) is 0 Å². The highest BCUT2D eigenvalue weighted by Crippen LogP contribution is 2.08. The molecule has 1 rings (SSSR count). The zero-order chi connectivity index (χ0) is 15.0. The Hall–Kier alpha value is -1.84. The first-order valence-electron chi connectivity index (χ1n) is 7.13. The van der Waals surface area contributed by atoms with Gasteiger partial charge in [0.15, 0.2) is 0 Å². The Kier molecular flexibility index (Phi) is 6.77. The van der Waals surface area contributed by atoms with Gasteiger partial charge in [-0.2, -0.15) is 0 Å². The monoisotopic (exact) mass is 276 g/mol. The predicted octanol–water partition coefficient (Wildman–Crippen LogP) is 2.97. The topological polar surface area (TPSA) is 49.4 Å². The summed E-state index contributed by atoms with van der Waals surface area (Å²) in [4.78, 5) is 25.1. The lowest BCUT2D eigenvalue weighted by Crippen LogP contribution is -2.34. The molecular weight excluding hydrogens is 252 g/mol. The van der Waals surface area contributed by atoms with Gasteiger partial charge in [-0.05, 0) is 25.5 Å². The van der Waals surface area contributed by atoms with Crippen molar-refractivity contribution in [1.29, 1.82) is 0 Å². The van der Waals surface area contributed by atoms with Gasteiger partial charge in [0.05, 0.1) is 6.54 Å². The smallest absolute Gasteiger partial charge is 0.243 e. The molecule has 0 radical (unpaired) electrons. The average molecular weight is 276 g/mol. The molecule has 0 aliphatic carbocycles. The molecule has 20 heavy (non-hydrogen) atoms. The number of aryl methyl sites for hydroxylation is 1. The van der Waals surface area contributed by atoms with E-state index < -0.39 is 0 Å². The molecule has 0 heterocycles. The number of nitrogens with zero attached hydrogens (tertiary/aromatic N) is 1. The van der Waals surface area contributed by atoms with Crippen molar-refractivity contribution < 1.29 is 9.59 Å². The minimum Gasteiger partial charge on any atom is -0.336 e. The minimum atomic E-state index is -0.166. The molecule has 1 N–H and O–H groups in total. The van der Waals surface area contributed by atoms with Gasteiger partial charge >= 0.3 is 0 Å². The quantitative estimate of drug-likeness (QED) is 0.778. The van der Waals surface area contributed by atoms with Gasteiger partial charge in [0.25, 0.3) is 0 Å². The zero-order valence-corrected chi connectivity index (χ0v) is 12.6. The summed E-state index contributed by atoms with van der Waals surface area (Å²) in [6.07, 6.45) is 3.54. The second kappa shape index (κ2) is 8.35. The van der Waals surface area contributed by atoms with Gasteiger partial charge in [-0.3, -0.25) is 9.59 Å². The highest BCUT2D eigenvalue weighted by molar-refractivity contribution is 5.94. The van der Waals surface area contributed by atoms with Gasteiger partial charge in [0.1, 0.15) is 0 Å². The normalized spacial score (nSPS) is 10.2. The van der Waals surface area contributed by atoms with Crippen LogP contribution < -0.4 is 5.32 Å². The minimum absolute atomic E-state index is 0.0255. The number of likely N-dealkylation sites (N-methyl/N-ethyl adjacent to an activating group) is 1. The molecule has 4 nitrogen and oxygen atoms in total. The van der Waals surface area contributed by atoms with E-state index in [2.05, 4.69) is 12.2 Å². The summed E-state index contributed by atoms with van der Waals surface area (Å²) in [5.41, 5.74) is 1.90. The Morgan fingerprint density at radius 1 is 1.15 bits per heavy atom. The van der Waals surface area contributed by atoms with E-state index >= 15 is 0 Å². The third-order valence-electron chi connectivity index (χ3n) is 3.14. The van der Waals surface area contributed by atoms with Crippen LogP contribution in [0.1, 0.15) is 38.2 Å². The van der Waals surface area contributed by atoms with Crippen molar-refractivity contribution in [2.24, 2.45) is 0 Å². The van der Waals surface area contributed by atoms with Gasteiger partial charge in [-0.1, -0.05) is 37.5 Å². The number of anilines is 1. The van der Waals surface area contributed by atoms with Crippen molar-refractivity contribution in [2.45, 2.75) is 39.5 Å². The molecule has 0 atom stereocenters. The average Bonchev–Trinajstić information content (AvgIpc) is 2.41. The van der Waals surface area contributed by atoms with Gasteiger partial charge in [0.2, 0.25) is 11.8 Å². The first-order chi connectivity index (χ1) is 9.52. The fourth-order valence-corrected chi connectivity index (χ4v) is 1.86. The van der Waals surface area contributed by atoms with E-state index in [4.69, 9.17) is 0 Å². The van der Waals surface area contributed by atoms with Crippen LogP contribution in [0.2, 0.25) is 0 Å². The molecule has 4 heteroatoms. The number of hydrogen-bond donors (Lipinski definition) is 1. The molecular formula is C16H24N2O2. The van der Waals surface area contributed by atoms with Crippen LogP contribution in [0.3, 0.4) is 0 Å². The number of carbonyl (C=O) groups excluding carboxylic acids is 2. The molecule has 0 aliphatic heterocycles. The van der Waals surface area contributed by atoms with E-state index in [0.717, 1.165) is 30.5 Å². The van der Waals surface area contributed by atoms with Gasteiger partial charge < -0.3 is 10.2 Å². The Bertz CT molecular complexity index is 440. The lowest BCUT2D eigenvalue weighted by atomic mass is 10.2. The zero-order valence-electron chi connectivity index (χ0n) is 12.6. The third-order valence-corrected chi connectivity index (χ3v) is 3.14. The highest BCUT2D eigenvalue weighted by Gasteiger charge is 2.12. The van der Waals surface area contributed by atoms with E-state index in [1.165, 1.54) is 4.90 Å². The number of amides is 2. The Labute approximate surface area is 121 Å². The molecule has 2 amide bonds. The second-order valence-corrected chi connectivity index (χ2v) is 5.12. The van der Waals surface area contributed by atoms with Crippen LogP contribution in [0, 0.1) is 6.92 Å². The lowest BCUT2D eigenvalue weighted by Gasteiger charge is -2.16. The summed E-state index contributed by atoms with van der Waals surface area (Å²) >= 11 is 0.